The van der Waals surface area contributed by atoms with Crippen LogP contribution in [0.5, 0.6) is 0 Å². The second-order valence-corrected chi connectivity index (χ2v) is 7.70. The zero-order valence-corrected chi connectivity index (χ0v) is 14.9. The van der Waals surface area contributed by atoms with Crippen molar-refractivity contribution < 1.29 is 9.59 Å². The Labute approximate surface area is 147 Å². The molecule has 1 saturated carbocycles. The number of likely N-dealkylation sites (tertiary alicyclic amines) is 1. The molecule has 0 atom stereocenters. The summed E-state index contributed by atoms with van der Waals surface area (Å²) >= 11 is 1.62. The van der Waals surface area contributed by atoms with E-state index in [1.165, 1.54) is 19.3 Å². The first-order chi connectivity index (χ1) is 11.7. The molecule has 5 nitrogen and oxygen atoms in total. The number of piperidine rings is 1. The molecule has 2 aliphatic rings. The molecule has 24 heavy (non-hydrogen) atoms. The average molecular weight is 350 g/mol. The SMILES string of the molecule is O=C(NC1CCCCC1)NC1CCN(C(=O)Cc2ccsc2)CC1. The first kappa shape index (κ1) is 17.3. The number of amides is 3. The van der Waals surface area contributed by atoms with Crippen molar-refractivity contribution in [2.45, 2.75) is 63.5 Å². The average Bonchev–Trinajstić information content (AvgIpc) is 3.09. The van der Waals surface area contributed by atoms with E-state index in [2.05, 4.69) is 10.6 Å². The van der Waals surface area contributed by atoms with Crippen molar-refractivity contribution in [3.05, 3.63) is 22.4 Å². The number of rotatable bonds is 4. The van der Waals surface area contributed by atoms with Gasteiger partial charge in [0.1, 0.15) is 0 Å². The number of nitrogens with one attached hydrogen (secondary N) is 2. The fourth-order valence-electron chi connectivity index (χ4n) is 3.61. The van der Waals surface area contributed by atoms with Crippen LogP contribution >= 0.6 is 11.3 Å². The van der Waals surface area contributed by atoms with Crippen molar-refractivity contribution in [2.75, 3.05) is 13.1 Å². The molecular formula is C18H27N3O2S. The van der Waals surface area contributed by atoms with Gasteiger partial charge in [-0.2, -0.15) is 11.3 Å². The van der Waals surface area contributed by atoms with Crippen LogP contribution in [0.4, 0.5) is 4.79 Å². The van der Waals surface area contributed by atoms with Gasteiger partial charge in [-0.25, -0.2) is 4.79 Å². The smallest absolute Gasteiger partial charge is 0.315 e. The van der Waals surface area contributed by atoms with Crippen molar-refractivity contribution in [1.29, 1.82) is 0 Å². The second-order valence-electron chi connectivity index (χ2n) is 6.92. The molecule has 132 valence electrons. The van der Waals surface area contributed by atoms with Gasteiger partial charge in [0, 0.05) is 25.2 Å². The van der Waals surface area contributed by atoms with E-state index in [9.17, 15) is 9.59 Å². The van der Waals surface area contributed by atoms with Crippen molar-refractivity contribution in [3.63, 3.8) is 0 Å². The number of hydrogen-bond donors (Lipinski definition) is 2. The third-order valence-electron chi connectivity index (χ3n) is 5.06. The number of carbonyl (C=O) groups excluding carboxylic acids is 2. The Morgan fingerprint density at radius 3 is 2.33 bits per heavy atom. The summed E-state index contributed by atoms with van der Waals surface area (Å²) in [5, 5.41) is 10.2. The normalized spacial score (nSPS) is 19.9. The summed E-state index contributed by atoms with van der Waals surface area (Å²) in [4.78, 5) is 26.3. The highest BCUT2D eigenvalue weighted by atomic mass is 32.1. The summed E-state index contributed by atoms with van der Waals surface area (Å²) in [6, 6.07) is 2.49. The predicted octanol–water partition coefficient (Wildman–Crippen LogP) is 2.91. The van der Waals surface area contributed by atoms with E-state index in [-0.39, 0.29) is 18.0 Å². The highest BCUT2D eigenvalue weighted by Gasteiger charge is 2.24. The van der Waals surface area contributed by atoms with E-state index in [0.717, 1.165) is 44.3 Å². The maximum Gasteiger partial charge on any atom is 0.315 e. The first-order valence-electron chi connectivity index (χ1n) is 9.06. The minimum absolute atomic E-state index is 0.0371. The summed E-state index contributed by atoms with van der Waals surface area (Å²) in [6.45, 7) is 1.47. The van der Waals surface area contributed by atoms with E-state index in [1.54, 1.807) is 11.3 Å². The van der Waals surface area contributed by atoms with Crippen LogP contribution < -0.4 is 10.6 Å². The molecule has 3 rings (SSSR count). The van der Waals surface area contributed by atoms with Crippen LogP contribution in [-0.4, -0.2) is 42.0 Å². The van der Waals surface area contributed by atoms with Gasteiger partial charge in [-0.1, -0.05) is 19.3 Å². The molecule has 0 unspecified atom stereocenters. The Balaban J connectivity index is 1.36. The quantitative estimate of drug-likeness (QED) is 0.878. The van der Waals surface area contributed by atoms with Gasteiger partial charge in [0.25, 0.3) is 0 Å². The van der Waals surface area contributed by atoms with E-state index in [0.29, 0.717) is 12.5 Å². The lowest BCUT2D eigenvalue weighted by molar-refractivity contribution is -0.131. The Morgan fingerprint density at radius 2 is 1.71 bits per heavy atom. The minimum Gasteiger partial charge on any atom is -0.342 e. The molecule has 2 heterocycles. The highest BCUT2D eigenvalue weighted by molar-refractivity contribution is 7.08. The topological polar surface area (TPSA) is 61.4 Å². The molecule has 1 aromatic heterocycles. The van der Waals surface area contributed by atoms with Crippen molar-refractivity contribution in [2.24, 2.45) is 0 Å². The highest BCUT2D eigenvalue weighted by Crippen LogP contribution is 2.18. The van der Waals surface area contributed by atoms with Gasteiger partial charge >= 0.3 is 6.03 Å². The van der Waals surface area contributed by atoms with Gasteiger partial charge in [-0.15, -0.1) is 0 Å². The van der Waals surface area contributed by atoms with Crippen molar-refractivity contribution in [3.8, 4) is 0 Å². The van der Waals surface area contributed by atoms with E-state index in [4.69, 9.17) is 0 Å². The number of nitrogens with zero attached hydrogens (tertiary/aromatic N) is 1. The molecule has 0 radical (unpaired) electrons. The molecule has 0 bridgehead atoms. The third-order valence-corrected chi connectivity index (χ3v) is 5.79. The van der Waals surface area contributed by atoms with E-state index in [1.807, 2.05) is 21.7 Å². The van der Waals surface area contributed by atoms with Crippen LogP contribution in [-0.2, 0) is 11.2 Å². The molecule has 0 aromatic carbocycles. The standard InChI is InChI=1S/C18H27N3O2S/c22-17(12-14-8-11-24-13-14)21-9-6-16(7-10-21)20-18(23)19-15-4-2-1-3-5-15/h8,11,13,15-16H,1-7,9-10,12H2,(H2,19,20,23). The number of hydrogen-bond acceptors (Lipinski definition) is 3. The summed E-state index contributed by atoms with van der Waals surface area (Å²) < 4.78 is 0. The summed E-state index contributed by atoms with van der Waals surface area (Å²) in [5.41, 5.74) is 1.09. The number of carbonyl (C=O) groups is 2. The zero-order chi connectivity index (χ0) is 16.8. The maximum atomic E-state index is 12.3. The Hall–Kier alpha value is -1.56. The Morgan fingerprint density at radius 1 is 1.04 bits per heavy atom. The third kappa shape index (κ3) is 4.97. The van der Waals surface area contributed by atoms with Gasteiger partial charge in [-0.05, 0) is 48.1 Å². The lowest BCUT2D eigenvalue weighted by Crippen LogP contribution is -2.51. The monoisotopic (exact) mass is 349 g/mol. The molecule has 1 saturated heterocycles. The number of urea groups is 1. The van der Waals surface area contributed by atoms with Gasteiger partial charge < -0.3 is 15.5 Å². The lowest BCUT2D eigenvalue weighted by atomic mass is 9.96. The van der Waals surface area contributed by atoms with Crippen LogP contribution in [0.15, 0.2) is 16.8 Å². The van der Waals surface area contributed by atoms with E-state index >= 15 is 0 Å². The molecular weight excluding hydrogens is 322 g/mol. The van der Waals surface area contributed by atoms with Gasteiger partial charge in [0.05, 0.1) is 6.42 Å². The van der Waals surface area contributed by atoms with Gasteiger partial charge in [0.2, 0.25) is 5.91 Å². The second kappa shape index (κ2) is 8.51. The summed E-state index contributed by atoms with van der Waals surface area (Å²) in [5.74, 6) is 0.193. The fourth-order valence-corrected chi connectivity index (χ4v) is 4.28. The Bertz CT molecular complexity index is 532. The zero-order valence-electron chi connectivity index (χ0n) is 14.1. The number of thiophene rings is 1. The van der Waals surface area contributed by atoms with E-state index < -0.39 is 0 Å². The van der Waals surface area contributed by atoms with Gasteiger partial charge in [0.15, 0.2) is 0 Å². The molecule has 1 aromatic rings. The van der Waals surface area contributed by atoms with Crippen molar-refractivity contribution in [1.82, 2.24) is 15.5 Å². The summed E-state index contributed by atoms with van der Waals surface area (Å²) in [6.07, 6.45) is 8.10. The molecule has 0 spiro atoms. The Kier molecular flexibility index (Phi) is 6.12. The summed E-state index contributed by atoms with van der Waals surface area (Å²) in [7, 11) is 0. The minimum atomic E-state index is -0.0371. The molecule has 6 heteroatoms. The molecule has 1 aliphatic carbocycles. The first-order valence-corrected chi connectivity index (χ1v) is 10.0. The van der Waals surface area contributed by atoms with Crippen LogP contribution in [0.2, 0.25) is 0 Å². The maximum absolute atomic E-state index is 12.3. The largest absolute Gasteiger partial charge is 0.342 e. The van der Waals surface area contributed by atoms with Crippen LogP contribution in [0.1, 0.15) is 50.5 Å². The van der Waals surface area contributed by atoms with Crippen molar-refractivity contribution >= 4 is 23.3 Å². The fraction of sp³-hybridized carbons (Fsp3) is 0.667. The molecule has 3 amide bonds. The van der Waals surface area contributed by atoms with Gasteiger partial charge in [-0.3, -0.25) is 4.79 Å². The predicted molar refractivity (Wildman–Crippen MR) is 96.2 cm³/mol. The van der Waals surface area contributed by atoms with Crippen LogP contribution in [0, 0.1) is 0 Å². The molecule has 1 aliphatic heterocycles. The van der Waals surface area contributed by atoms with Crippen LogP contribution in [0.25, 0.3) is 0 Å². The molecule has 2 fully saturated rings. The lowest BCUT2D eigenvalue weighted by Gasteiger charge is -2.33. The molecule has 2 N–H and O–H groups in total. The van der Waals surface area contributed by atoms with Crippen LogP contribution in [0.3, 0.4) is 0 Å².